The Balaban J connectivity index is 1.60. The van der Waals surface area contributed by atoms with Crippen LogP contribution >= 0.6 is 0 Å². The second kappa shape index (κ2) is 9.63. The number of aryl methyl sites for hydroxylation is 1. The van der Waals surface area contributed by atoms with Crippen LogP contribution in [-0.4, -0.2) is 28.4 Å². The summed E-state index contributed by atoms with van der Waals surface area (Å²) in [5.74, 6) is 0.262. The molecule has 3 rings (SSSR count). The quantitative estimate of drug-likeness (QED) is 0.521. The number of rotatable bonds is 8. The summed E-state index contributed by atoms with van der Waals surface area (Å²) in [6.07, 6.45) is 4.53. The summed E-state index contributed by atoms with van der Waals surface area (Å²) in [4.78, 5) is 14.4. The van der Waals surface area contributed by atoms with Crippen molar-refractivity contribution in [2.24, 2.45) is 0 Å². The first kappa shape index (κ1) is 22.3. The Morgan fingerprint density at radius 2 is 1.84 bits per heavy atom. The van der Waals surface area contributed by atoms with E-state index in [-0.39, 0.29) is 17.3 Å². The SMILES string of the molecule is Cc1cc(N(C)C)ccc1NC(=O)/C=C/c1ccc(S(=O)(=O)NCc2ccco2)cc1. The maximum Gasteiger partial charge on any atom is 0.248 e. The Morgan fingerprint density at radius 3 is 2.45 bits per heavy atom. The predicted octanol–water partition coefficient (Wildman–Crippen LogP) is 3.78. The molecule has 3 aromatic rings. The van der Waals surface area contributed by atoms with Crippen molar-refractivity contribution >= 4 is 33.4 Å². The van der Waals surface area contributed by atoms with Crippen molar-refractivity contribution in [3.8, 4) is 0 Å². The van der Waals surface area contributed by atoms with E-state index in [9.17, 15) is 13.2 Å². The van der Waals surface area contributed by atoms with Gasteiger partial charge in [0.2, 0.25) is 15.9 Å². The smallest absolute Gasteiger partial charge is 0.248 e. The van der Waals surface area contributed by atoms with Crippen LogP contribution in [0.2, 0.25) is 0 Å². The topological polar surface area (TPSA) is 91.7 Å². The van der Waals surface area contributed by atoms with Gasteiger partial charge in [-0.25, -0.2) is 13.1 Å². The molecule has 0 aliphatic rings. The minimum Gasteiger partial charge on any atom is -0.468 e. The molecule has 2 aromatic carbocycles. The molecule has 0 radical (unpaired) electrons. The van der Waals surface area contributed by atoms with Crippen molar-refractivity contribution in [2.45, 2.75) is 18.4 Å². The van der Waals surface area contributed by atoms with Gasteiger partial charge in [0.1, 0.15) is 5.76 Å². The largest absolute Gasteiger partial charge is 0.468 e. The van der Waals surface area contributed by atoms with Crippen LogP contribution in [-0.2, 0) is 21.4 Å². The number of hydrogen-bond donors (Lipinski definition) is 2. The highest BCUT2D eigenvalue weighted by Gasteiger charge is 2.14. The number of nitrogens with one attached hydrogen (secondary N) is 2. The summed E-state index contributed by atoms with van der Waals surface area (Å²) in [5, 5.41) is 2.85. The summed E-state index contributed by atoms with van der Waals surface area (Å²) < 4.78 is 32.3. The van der Waals surface area contributed by atoms with E-state index in [2.05, 4.69) is 10.0 Å². The standard InChI is InChI=1S/C23H25N3O4S/c1-17-15-19(26(2)3)9-12-22(17)25-23(27)13-8-18-6-10-21(11-7-18)31(28,29)24-16-20-5-4-14-30-20/h4-15,24H,16H2,1-3H3,(H,25,27)/b13-8+. The first-order valence-electron chi connectivity index (χ1n) is 9.64. The summed E-state index contributed by atoms with van der Waals surface area (Å²) >= 11 is 0. The number of furan rings is 1. The number of carbonyl (C=O) groups is 1. The van der Waals surface area contributed by atoms with Crippen molar-refractivity contribution < 1.29 is 17.6 Å². The van der Waals surface area contributed by atoms with E-state index in [1.165, 1.54) is 24.5 Å². The van der Waals surface area contributed by atoms with E-state index >= 15 is 0 Å². The van der Waals surface area contributed by atoms with E-state index in [0.717, 1.165) is 16.9 Å². The van der Waals surface area contributed by atoms with Crippen LogP contribution in [0.3, 0.4) is 0 Å². The van der Waals surface area contributed by atoms with Gasteiger partial charge in [0.15, 0.2) is 0 Å². The van der Waals surface area contributed by atoms with Gasteiger partial charge in [-0.1, -0.05) is 12.1 Å². The third-order valence-corrected chi connectivity index (χ3v) is 6.04. The van der Waals surface area contributed by atoms with Gasteiger partial charge in [0, 0.05) is 31.5 Å². The maximum absolute atomic E-state index is 12.4. The van der Waals surface area contributed by atoms with Crippen LogP contribution in [0, 0.1) is 6.92 Å². The second-order valence-corrected chi connectivity index (χ2v) is 8.96. The molecular weight excluding hydrogens is 414 g/mol. The van der Waals surface area contributed by atoms with E-state index in [4.69, 9.17) is 4.42 Å². The molecule has 2 N–H and O–H groups in total. The van der Waals surface area contributed by atoms with Crippen molar-refractivity contribution in [1.82, 2.24) is 4.72 Å². The fraction of sp³-hybridized carbons (Fsp3) is 0.174. The molecule has 31 heavy (non-hydrogen) atoms. The maximum atomic E-state index is 12.4. The van der Waals surface area contributed by atoms with Gasteiger partial charge >= 0.3 is 0 Å². The third-order valence-electron chi connectivity index (χ3n) is 4.62. The molecule has 0 fully saturated rings. The van der Waals surface area contributed by atoms with Gasteiger partial charge in [-0.2, -0.15) is 0 Å². The van der Waals surface area contributed by atoms with Crippen molar-refractivity contribution in [3.63, 3.8) is 0 Å². The number of benzene rings is 2. The van der Waals surface area contributed by atoms with E-state index in [0.29, 0.717) is 11.3 Å². The molecule has 8 heteroatoms. The van der Waals surface area contributed by atoms with Gasteiger partial charge in [-0.05, 0) is 66.6 Å². The fourth-order valence-electron chi connectivity index (χ4n) is 2.83. The molecule has 1 aromatic heterocycles. The average Bonchev–Trinajstić information content (AvgIpc) is 3.26. The molecule has 0 bridgehead atoms. The van der Waals surface area contributed by atoms with E-state index < -0.39 is 10.0 Å². The molecule has 1 heterocycles. The zero-order valence-corrected chi connectivity index (χ0v) is 18.4. The molecule has 0 aliphatic heterocycles. The Morgan fingerprint density at radius 1 is 1.10 bits per heavy atom. The van der Waals surface area contributed by atoms with Gasteiger partial charge < -0.3 is 14.6 Å². The van der Waals surface area contributed by atoms with Crippen LogP contribution in [0.4, 0.5) is 11.4 Å². The number of anilines is 2. The first-order chi connectivity index (χ1) is 14.7. The second-order valence-electron chi connectivity index (χ2n) is 7.19. The highest BCUT2D eigenvalue weighted by Crippen LogP contribution is 2.21. The molecule has 0 spiro atoms. The monoisotopic (exact) mass is 439 g/mol. The van der Waals surface area contributed by atoms with Crippen molar-refractivity contribution in [3.05, 3.63) is 83.8 Å². The first-order valence-corrected chi connectivity index (χ1v) is 11.1. The number of nitrogens with zero attached hydrogens (tertiary/aromatic N) is 1. The van der Waals surface area contributed by atoms with Crippen LogP contribution in [0.15, 0.2) is 76.2 Å². The molecule has 0 saturated heterocycles. The molecule has 0 unspecified atom stereocenters. The lowest BCUT2D eigenvalue weighted by atomic mass is 10.1. The molecular formula is C23H25N3O4S. The lowest BCUT2D eigenvalue weighted by molar-refractivity contribution is -0.111. The van der Waals surface area contributed by atoms with Crippen molar-refractivity contribution in [2.75, 3.05) is 24.3 Å². The van der Waals surface area contributed by atoms with Crippen LogP contribution in [0.25, 0.3) is 6.08 Å². The average molecular weight is 440 g/mol. The van der Waals surface area contributed by atoms with E-state index in [1.807, 2.05) is 44.1 Å². The van der Waals surface area contributed by atoms with Gasteiger partial charge in [0.25, 0.3) is 0 Å². The minimum absolute atomic E-state index is 0.0755. The number of carbonyl (C=O) groups excluding carboxylic acids is 1. The van der Waals surface area contributed by atoms with Gasteiger partial charge in [-0.3, -0.25) is 4.79 Å². The van der Waals surface area contributed by atoms with Gasteiger partial charge in [-0.15, -0.1) is 0 Å². The summed E-state index contributed by atoms with van der Waals surface area (Å²) in [5.41, 5.74) is 3.47. The number of sulfonamides is 1. The Labute approximate surface area is 182 Å². The van der Waals surface area contributed by atoms with E-state index in [1.54, 1.807) is 30.3 Å². The number of amides is 1. The zero-order valence-electron chi connectivity index (χ0n) is 17.6. The molecule has 162 valence electrons. The zero-order chi connectivity index (χ0) is 22.4. The Hall–Kier alpha value is -3.36. The normalized spacial score (nSPS) is 11.6. The molecule has 0 aliphatic carbocycles. The Kier molecular flexibility index (Phi) is 6.94. The highest BCUT2D eigenvalue weighted by molar-refractivity contribution is 7.89. The molecule has 0 atom stereocenters. The van der Waals surface area contributed by atoms with Crippen LogP contribution in [0.1, 0.15) is 16.9 Å². The molecule has 0 saturated carbocycles. The lowest BCUT2D eigenvalue weighted by Gasteiger charge is -2.15. The number of hydrogen-bond acceptors (Lipinski definition) is 5. The summed E-state index contributed by atoms with van der Waals surface area (Å²) in [6.45, 7) is 2.01. The lowest BCUT2D eigenvalue weighted by Crippen LogP contribution is -2.22. The molecule has 1 amide bonds. The predicted molar refractivity (Wildman–Crippen MR) is 122 cm³/mol. The van der Waals surface area contributed by atoms with Gasteiger partial charge in [0.05, 0.1) is 17.7 Å². The summed E-state index contributed by atoms with van der Waals surface area (Å²) in [6, 6.07) is 15.5. The fourth-order valence-corrected chi connectivity index (χ4v) is 3.83. The Bertz CT molecular complexity index is 1170. The molecule has 7 nitrogen and oxygen atoms in total. The summed E-state index contributed by atoms with van der Waals surface area (Å²) in [7, 11) is 0.263. The third kappa shape index (κ3) is 6.07. The highest BCUT2D eigenvalue weighted by atomic mass is 32.2. The van der Waals surface area contributed by atoms with Crippen LogP contribution in [0.5, 0.6) is 0 Å². The minimum atomic E-state index is -3.66. The van der Waals surface area contributed by atoms with Crippen LogP contribution < -0.4 is 14.9 Å². The van der Waals surface area contributed by atoms with Crippen molar-refractivity contribution in [1.29, 1.82) is 0 Å².